The van der Waals surface area contributed by atoms with Crippen LogP contribution >= 0.6 is 11.3 Å². The zero-order valence-corrected chi connectivity index (χ0v) is 8.71. The van der Waals surface area contributed by atoms with Crippen molar-refractivity contribution in [1.82, 2.24) is 10.2 Å². The van der Waals surface area contributed by atoms with Crippen LogP contribution in [0.2, 0.25) is 0 Å². The smallest absolute Gasteiger partial charge is 0.205 e. The van der Waals surface area contributed by atoms with Gasteiger partial charge in [-0.25, -0.2) is 0 Å². The zero-order chi connectivity index (χ0) is 9.80. The van der Waals surface area contributed by atoms with Crippen molar-refractivity contribution in [3.05, 3.63) is 40.9 Å². The van der Waals surface area contributed by atoms with Gasteiger partial charge in [-0.1, -0.05) is 41.2 Å². The Labute approximate surface area is 86.8 Å². The van der Waals surface area contributed by atoms with Crippen molar-refractivity contribution in [3.8, 4) is 0 Å². The Kier molecular flexibility index (Phi) is 2.74. The third kappa shape index (κ3) is 2.29. The zero-order valence-electron chi connectivity index (χ0n) is 7.90. The van der Waals surface area contributed by atoms with Gasteiger partial charge in [-0.3, -0.25) is 0 Å². The van der Waals surface area contributed by atoms with Gasteiger partial charge >= 0.3 is 0 Å². The van der Waals surface area contributed by atoms with E-state index in [4.69, 9.17) is 0 Å². The van der Waals surface area contributed by atoms with Gasteiger partial charge in [-0.15, -0.1) is 10.2 Å². The molecule has 2 aromatic rings. The first-order valence-corrected chi connectivity index (χ1v) is 5.28. The van der Waals surface area contributed by atoms with E-state index in [0.29, 0.717) is 0 Å². The molecule has 0 saturated heterocycles. The van der Waals surface area contributed by atoms with Crippen molar-refractivity contribution >= 4 is 16.5 Å². The van der Waals surface area contributed by atoms with E-state index in [2.05, 4.69) is 46.7 Å². The SMILES string of the molecule is Cc1cccc(CNc2nncs2)c1. The monoisotopic (exact) mass is 205 g/mol. The second kappa shape index (κ2) is 4.19. The molecular formula is C10H11N3S. The molecule has 0 unspecified atom stereocenters. The second-order valence-electron chi connectivity index (χ2n) is 3.09. The Bertz CT molecular complexity index is 398. The molecule has 0 spiro atoms. The molecular weight excluding hydrogens is 194 g/mol. The van der Waals surface area contributed by atoms with Gasteiger partial charge in [0.25, 0.3) is 0 Å². The Balaban J connectivity index is 1.98. The molecule has 4 heteroatoms. The maximum Gasteiger partial charge on any atom is 0.205 e. The van der Waals surface area contributed by atoms with Crippen LogP contribution in [0.1, 0.15) is 11.1 Å². The minimum Gasteiger partial charge on any atom is -0.356 e. The molecule has 0 aliphatic carbocycles. The van der Waals surface area contributed by atoms with Gasteiger partial charge in [0.1, 0.15) is 5.51 Å². The lowest BCUT2D eigenvalue weighted by molar-refractivity contribution is 1.05. The van der Waals surface area contributed by atoms with Gasteiger partial charge < -0.3 is 5.32 Å². The van der Waals surface area contributed by atoms with E-state index in [0.717, 1.165) is 11.7 Å². The molecule has 1 aromatic carbocycles. The standard InChI is InChI=1S/C10H11N3S/c1-8-3-2-4-9(5-8)6-11-10-13-12-7-14-10/h2-5,7H,6H2,1H3,(H,11,13). The van der Waals surface area contributed by atoms with Crippen LogP contribution in [-0.2, 0) is 6.54 Å². The number of benzene rings is 1. The molecule has 1 aromatic heterocycles. The molecule has 0 aliphatic rings. The number of anilines is 1. The van der Waals surface area contributed by atoms with Gasteiger partial charge in [0.15, 0.2) is 0 Å². The normalized spacial score (nSPS) is 10.1. The number of nitrogens with zero attached hydrogens (tertiary/aromatic N) is 2. The third-order valence-corrected chi connectivity index (χ3v) is 2.54. The van der Waals surface area contributed by atoms with Gasteiger partial charge in [0, 0.05) is 6.54 Å². The number of hydrogen-bond acceptors (Lipinski definition) is 4. The fourth-order valence-corrected chi connectivity index (χ4v) is 1.69. The van der Waals surface area contributed by atoms with Gasteiger partial charge in [0.05, 0.1) is 0 Å². The van der Waals surface area contributed by atoms with E-state index in [1.54, 1.807) is 5.51 Å². The van der Waals surface area contributed by atoms with Crippen LogP contribution in [0.25, 0.3) is 0 Å². The molecule has 0 fully saturated rings. The van der Waals surface area contributed by atoms with E-state index >= 15 is 0 Å². The molecule has 0 saturated carbocycles. The molecule has 3 nitrogen and oxygen atoms in total. The van der Waals surface area contributed by atoms with Crippen LogP contribution in [-0.4, -0.2) is 10.2 Å². The number of aromatic nitrogens is 2. The van der Waals surface area contributed by atoms with Crippen LogP contribution in [0.5, 0.6) is 0 Å². The third-order valence-electron chi connectivity index (χ3n) is 1.89. The largest absolute Gasteiger partial charge is 0.356 e. The van der Waals surface area contributed by atoms with E-state index in [-0.39, 0.29) is 0 Å². The molecule has 1 heterocycles. The van der Waals surface area contributed by atoms with Crippen molar-refractivity contribution in [2.75, 3.05) is 5.32 Å². The first-order valence-electron chi connectivity index (χ1n) is 4.40. The molecule has 0 amide bonds. The maximum atomic E-state index is 3.91. The average Bonchev–Trinajstić information content (AvgIpc) is 2.67. The van der Waals surface area contributed by atoms with Gasteiger partial charge in [0.2, 0.25) is 5.13 Å². The lowest BCUT2D eigenvalue weighted by Crippen LogP contribution is -1.98. The molecule has 72 valence electrons. The second-order valence-corrected chi connectivity index (χ2v) is 3.92. The van der Waals surface area contributed by atoms with Crippen LogP contribution in [0.3, 0.4) is 0 Å². The molecule has 0 aliphatic heterocycles. The van der Waals surface area contributed by atoms with Crippen LogP contribution < -0.4 is 5.32 Å². The fraction of sp³-hybridized carbons (Fsp3) is 0.200. The summed E-state index contributed by atoms with van der Waals surface area (Å²) in [5.74, 6) is 0. The molecule has 2 rings (SSSR count). The van der Waals surface area contributed by atoms with Crippen molar-refractivity contribution in [1.29, 1.82) is 0 Å². The topological polar surface area (TPSA) is 37.8 Å². The fourth-order valence-electron chi connectivity index (χ4n) is 1.25. The predicted octanol–water partition coefficient (Wildman–Crippen LogP) is 2.46. The number of hydrogen-bond donors (Lipinski definition) is 1. The van der Waals surface area contributed by atoms with E-state index < -0.39 is 0 Å². The lowest BCUT2D eigenvalue weighted by atomic mass is 10.1. The number of nitrogens with one attached hydrogen (secondary N) is 1. The Morgan fingerprint density at radius 1 is 1.43 bits per heavy atom. The van der Waals surface area contributed by atoms with Crippen LogP contribution in [0.4, 0.5) is 5.13 Å². The van der Waals surface area contributed by atoms with E-state index in [1.165, 1.54) is 22.5 Å². The average molecular weight is 205 g/mol. The summed E-state index contributed by atoms with van der Waals surface area (Å²) in [6.07, 6.45) is 0. The predicted molar refractivity (Wildman–Crippen MR) is 58.4 cm³/mol. The minimum absolute atomic E-state index is 0.802. The number of aryl methyl sites for hydroxylation is 1. The van der Waals surface area contributed by atoms with Crippen LogP contribution in [0, 0.1) is 6.92 Å². The van der Waals surface area contributed by atoms with Crippen molar-refractivity contribution in [2.24, 2.45) is 0 Å². The highest BCUT2D eigenvalue weighted by molar-refractivity contribution is 7.13. The summed E-state index contributed by atoms with van der Waals surface area (Å²) in [4.78, 5) is 0. The summed E-state index contributed by atoms with van der Waals surface area (Å²) >= 11 is 1.51. The van der Waals surface area contributed by atoms with Crippen molar-refractivity contribution in [2.45, 2.75) is 13.5 Å². The van der Waals surface area contributed by atoms with Crippen molar-refractivity contribution < 1.29 is 0 Å². The summed E-state index contributed by atoms with van der Waals surface area (Å²) in [5, 5.41) is 11.7. The Hall–Kier alpha value is -1.42. The maximum absolute atomic E-state index is 3.91. The first kappa shape index (κ1) is 9.15. The summed E-state index contributed by atoms with van der Waals surface area (Å²) in [7, 11) is 0. The summed E-state index contributed by atoms with van der Waals surface area (Å²) < 4.78 is 0. The molecule has 0 bridgehead atoms. The molecule has 14 heavy (non-hydrogen) atoms. The quantitative estimate of drug-likeness (QED) is 0.836. The molecule has 0 radical (unpaired) electrons. The summed E-state index contributed by atoms with van der Waals surface area (Å²) in [6.45, 7) is 2.89. The first-order chi connectivity index (χ1) is 6.84. The highest BCUT2D eigenvalue weighted by Gasteiger charge is 1.96. The Morgan fingerprint density at radius 2 is 2.36 bits per heavy atom. The summed E-state index contributed by atoms with van der Waals surface area (Å²) in [6, 6.07) is 8.41. The van der Waals surface area contributed by atoms with Crippen molar-refractivity contribution in [3.63, 3.8) is 0 Å². The van der Waals surface area contributed by atoms with Gasteiger partial charge in [-0.2, -0.15) is 0 Å². The lowest BCUT2D eigenvalue weighted by Gasteiger charge is -2.02. The highest BCUT2D eigenvalue weighted by atomic mass is 32.1. The highest BCUT2D eigenvalue weighted by Crippen LogP contribution is 2.11. The number of rotatable bonds is 3. The van der Waals surface area contributed by atoms with Gasteiger partial charge in [-0.05, 0) is 12.5 Å². The van der Waals surface area contributed by atoms with E-state index in [1.807, 2.05) is 0 Å². The van der Waals surface area contributed by atoms with E-state index in [9.17, 15) is 0 Å². The molecule has 0 atom stereocenters. The summed E-state index contributed by atoms with van der Waals surface area (Å²) in [5.41, 5.74) is 4.26. The molecule has 1 N–H and O–H groups in total. The minimum atomic E-state index is 0.802. The van der Waals surface area contributed by atoms with Crippen LogP contribution in [0.15, 0.2) is 29.8 Å². The Morgan fingerprint density at radius 3 is 3.07 bits per heavy atom.